The zero-order valence-corrected chi connectivity index (χ0v) is 38.9. The van der Waals surface area contributed by atoms with Crippen LogP contribution in [0.15, 0.2) is 12.1 Å². The van der Waals surface area contributed by atoms with Crippen LogP contribution < -0.4 is 0 Å². The van der Waals surface area contributed by atoms with Crippen molar-refractivity contribution in [2.45, 2.75) is 150 Å². The molecule has 8 bridgehead atoms. The minimum atomic E-state index is 0.308. The first-order chi connectivity index (χ1) is 26.1. The fraction of sp³-hybridized carbons (Fsp3) is 0.640. The molecule has 0 unspecified atom stereocenters. The smallest absolute Gasteiger partial charge is 0.158 e. The van der Waals surface area contributed by atoms with Crippen molar-refractivity contribution >= 4 is 44.6 Å². The fourth-order valence-corrected chi connectivity index (χ4v) is 11.2. The molecule has 0 aromatic carbocycles. The van der Waals surface area contributed by atoms with E-state index in [1.807, 2.05) is 0 Å². The molecule has 0 saturated heterocycles. The number of H-pyrrole nitrogens is 2. The number of aryl methyl sites for hydroxylation is 2. The third-order valence-electron chi connectivity index (χ3n) is 13.2. The maximum absolute atomic E-state index is 5.57. The van der Waals surface area contributed by atoms with E-state index in [2.05, 4.69) is 161 Å². The molecule has 0 spiro atoms. The Labute approximate surface area is 340 Å². The summed E-state index contributed by atoms with van der Waals surface area (Å²) >= 11 is 0. The first-order valence-corrected chi connectivity index (χ1v) is 22.0. The summed E-state index contributed by atoms with van der Waals surface area (Å²) in [6.07, 6.45) is 0. The number of nitrogens with one attached hydrogen (secondary N) is 2. The minimum absolute atomic E-state index is 0.308. The molecule has 3 aromatic heterocycles. The summed E-state index contributed by atoms with van der Waals surface area (Å²) < 4.78 is 0. The Bertz CT molecular complexity index is 1960. The second-order valence-electron chi connectivity index (χ2n) is 20.1. The zero-order chi connectivity index (χ0) is 41.8. The first-order valence-electron chi connectivity index (χ1n) is 22.0. The number of hydrogen-bond donors (Lipinski definition) is 2. The van der Waals surface area contributed by atoms with E-state index >= 15 is 0 Å². The Morgan fingerprint density at radius 3 is 0.893 bits per heavy atom. The van der Waals surface area contributed by atoms with Crippen LogP contribution in [0.1, 0.15) is 182 Å². The predicted molar refractivity (Wildman–Crippen MR) is 242 cm³/mol. The highest BCUT2D eigenvalue weighted by Gasteiger charge is 2.34. The van der Waals surface area contributed by atoms with Gasteiger partial charge in [-0.05, 0) is 144 Å². The highest BCUT2D eigenvalue weighted by molar-refractivity contribution is 5.94. The maximum Gasteiger partial charge on any atom is 0.158 e. The molecule has 0 fully saturated rings. The van der Waals surface area contributed by atoms with Crippen molar-refractivity contribution in [2.24, 2.45) is 59.2 Å². The quantitative estimate of drug-likeness (QED) is 0.193. The van der Waals surface area contributed by atoms with Gasteiger partial charge in [-0.25, -0.2) is 19.9 Å². The molecule has 5 heterocycles. The highest BCUT2D eigenvalue weighted by atomic mass is 15.0. The van der Waals surface area contributed by atoms with E-state index in [0.717, 1.165) is 45.4 Å². The van der Waals surface area contributed by atoms with Crippen molar-refractivity contribution in [3.63, 3.8) is 0 Å². The van der Waals surface area contributed by atoms with Gasteiger partial charge in [0.1, 0.15) is 11.3 Å². The number of aromatic amines is 2. The summed E-state index contributed by atoms with van der Waals surface area (Å²) in [6, 6.07) is 4.61. The highest BCUT2D eigenvalue weighted by Crippen LogP contribution is 2.46. The SMILES string of the molecule is CC1=C(C(C(C)C)C(C)C)c2nc1cc1[nH]c(nc3nc(cc4[nH]c(n2)c(C)c4C(C(C)C)C(C)C)C(C)=C3C(C(C)C)C(C)C)c(C)c1C(C(C)C)C(C)C. The van der Waals surface area contributed by atoms with Crippen LogP contribution in [0.25, 0.3) is 44.6 Å². The minimum Gasteiger partial charge on any atom is -0.340 e. The lowest BCUT2D eigenvalue weighted by atomic mass is 9.77. The summed E-state index contributed by atoms with van der Waals surface area (Å²) in [5.74, 6) is 6.47. The fourth-order valence-electron chi connectivity index (χ4n) is 11.2. The van der Waals surface area contributed by atoms with E-state index in [-0.39, 0.29) is 0 Å². The van der Waals surface area contributed by atoms with Crippen molar-refractivity contribution in [1.82, 2.24) is 29.9 Å². The molecule has 0 atom stereocenters. The van der Waals surface area contributed by atoms with Gasteiger partial charge in [-0.3, -0.25) is 0 Å². The van der Waals surface area contributed by atoms with Crippen LogP contribution in [0.3, 0.4) is 0 Å². The van der Waals surface area contributed by atoms with Crippen molar-refractivity contribution < 1.29 is 0 Å². The summed E-state index contributed by atoms with van der Waals surface area (Å²) in [5.41, 5.74) is 16.0. The third-order valence-corrected chi connectivity index (χ3v) is 13.2. The maximum atomic E-state index is 5.57. The van der Waals surface area contributed by atoms with Gasteiger partial charge in [-0.2, -0.15) is 0 Å². The predicted octanol–water partition coefficient (Wildman–Crippen LogP) is 14.2. The second-order valence-corrected chi connectivity index (χ2v) is 20.1. The Balaban J connectivity index is 2.10. The van der Waals surface area contributed by atoms with Gasteiger partial charge in [0.05, 0.1) is 11.4 Å². The number of fused-ring (bicyclic) bond motifs is 8. The van der Waals surface area contributed by atoms with E-state index < -0.39 is 0 Å². The van der Waals surface area contributed by atoms with Gasteiger partial charge in [0, 0.05) is 22.2 Å². The standard InChI is InChI=1S/C50H76N6/c1-23(2)39(24(3)4)43-33(19)47-53-37(43)21-35-31(17)45(41(27(9)10)28(11)12)50(51-35)56-48-34(20)44(40(25(5)6)26(7)8)38(54-48)22-36-32(18)46(49(52-36)55-47)42(29(13)14)30(15)16/h21-30,39-42H,1-20H3,(H,52,53,55)(H,51,54,56). The molecule has 0 amide bonds. The summed E-state index contributed by atoms with van der Waals surface area (Å²) in [7, 11) is 0. The normalized spacial score (nSPS) is 14.4. The molecule has 2 aliphatic heterocycles. The van der Waals surface area contributed by atoms with Gasteiger partial charge in [0.2, 0.25) is 0 Å². The van der Waals surface area contributed by atoms with E-state index in [1.165, 1.54) is 44.5 Å². The molecule has 0 radical (unpaired) electrons. The second kappa shape index (κ2) is 16.7. The molecular weight excluding hydrogens is 685 g/mol. The Hall–Kier alpha value is -3.54. The number of allylic oxidation sites excluding steroid dienone is 4. The first kappa shape index (κ1) is 43.6. The van der Waals surface area contributed by atoms with Crippen molar-refractivity contribution in [3.8, 4) is 0 Å². The van der Waals surface area contributed by atoms with Crippen LogP contribution in [0.4, 0.5) is 0 Å². The molecule has 6 nitrogen and oxygen atoms in total. The summed E-state index contributed by atoms with van der Waals surface area (Å²) in [4.78, 5) is 29.9. The molecule has 3 aromatic rings. The summed E-state index contributed by atoms with van der Waals surface area (Å²) in [6.45, 7) is 46.6. The average Bonchev–Trinajstić information content (AvgIpc) is 3.72. The van der Waals surface area contributed by atoms with Crippen LogP contribution in [0.5, 0.6) is 0 Å². The van der Waals surface area contributed by atoms with Gasteiger partial charge < -0.3 is 9.97 Å². The van der Waals surface area contributed by atoms with Gasteiger partial charge in [0.15, 0.2) is 11.6 Å². The summed E-state index contributed by atoms with van der Waals surface area (Å²) in [5, 5.41) is 0. The molecule has 2 aliphatic rings. The van der Waals surface area contributed by atoms with E-state index in [4.69, 9.17) is 19.9 Å². The van der Waals surface area contributed by atoms with Crippen molar-refractivity contribution in [3.05, 3.63) is 57.4 Å². The molecule has 5 rings (SSSR count). The molecule has 56 heavy (non-hydrogen) atoms. The van der Waals surface area contributed by atoms with Crippen LogP contribution >= 0.6 is 0 Å². The lowest BCUT2D eigenvalue weighted by Gasteiger charge is -2.27. The molecule has 306 valence electrons. The monoisotopic (exact) mass is 761 g/mol. The number of rotatable bonds is 12. The molecule has 0 aliphatic carbocycles. The largest absolute Gasteiger partial charge is 0.340 e. The van der Waals surface area contributed by atoms with E-state index in [1.54, 1.807) is 0 Å². The van der Waals surface area contributed by atoms with Gasteiger partial charge in [-0.1, -0.05) is 111 Å². The average molecular weight is 761 g/mol. The van der Waals surface area contributed by atoms with Crippen LogP contribution in [-0.4, -0.2) is 29.9 Å². The number of nitrogens with zero attached hydrogens (tertiary/aromatic N) is 4. The van der Waals surface area contributed by atoms with E-state index in [0.29, 0.717) is 71.0 Å². The van der Waals surface area contributed by atoms with Crippen LogP contribution in [-0.2, 0) is 0 Å². The lowest BCUT2D eigenvalue weighted by Crippen LogP contribution is -2.18. The third kappa shape index (κ3) is 7.97. The lowest BCUT2D eigenvalue weighted by molar-refractivity contribution is 0.368. The Morgan fingerprint density at radius 1 is 0.375 bits per heavy atom. The Morgan fingerprint density at radius 2 is 0.643 bits per heavy atom. The van der Waals surface area contributed by atoms with Crippen LogP contribution in [0.2, 0.25) is 0 Å². The zero-order valence-electron chi connectivity index (χ0n) is 38.9. The topological polar surface area (TPSA) is 83.1 Å². The van der Waals surface area contributed by atoms with Crippen molar-refractivity contribution in [1.29, 1.82) is 0 Å². The molecule has 6 heteroatoms. The van der Waals surface area contributed by atoms with Gasteiger partial charge in [0.25, 0.3) is 0 Å². The Kier molecular flexibility index (Phi) is 13.0. The number of aromatic nitrogens is 6. The van der Waals surface area contributed by atoms with Gasteiger partial charge >= 0.3 is 0 Å². The van der Waals surface area contributed by atoms with Gasteiger partial charge in [-0.15, -0.1) is 0 Å². The van der Waals surface area contributed by atoms with Crippen molar-refractivity contribution in [2.75, 3.05) is 0 Å². The molecule has 0 saturated carbocycles. The number of hydrogen-bond acceptors (Lipinski definition) is 4. The molecule has 2 N–H and O–H groups in total. The van der Waals surface area contributed by atoms with Crippen LogP contribution in [0, 0.1) is 73.0 Å². The molecular formula is C50H76N6. The van der Waals surface area contributed by atoms with E-state index in [9.17, 15) is 0 Å².